The fourth-order valence-electron chi connectivity index (χ4n) is 3.20. The summed E-state index contributed by atoms with van der Waals surface area (Å²) >= 11 is 5.96. The molecule has 3 aromatic rings. The normalized spacial score (nSPS) is 11.5. The van der Waals surface area contributed by atoms with Crippen molar-refractivity contribution in [1.29, 1.82) is 0 Å². The van der Waals surface area contributed by atoms with E-state index in [1.54, 1.807) is 43.4 Å². The van der Waals surface area contributed by atoms with E-state index in [1.807, 2.05) is 55.5 Å². The first kappa shape index (κ1) is 21.5. The molecule has 0 bridgehead atoms. The summed E-state index contributed by atoms with van der Waals surface area (Å²) in [6, 6.07) is 22.3. The summed E-state index contributed by atoms with van der Waals surface area (Å²) < 4.78 is 10.7. The van der Waals surface area contributed by atoms with E-state index in [2.05, 4.69) is 5.32 Å². The fraction of sp³-hybridized carbons (Fsp3) is 0.208. The van der Waals surface area contributed by atoms with Crippen molar-refractivity contribution in [3.05, 3.63) is 88.9 Å². The second-order valence-electron chi connectivity index (χ2n) is 6.84. The molecule has 1 atom stereocenters. The third kappa shape index (κ3) is 5.24. The molecule has 0 spiro atoms. The Labute approximate surface area is 182 Å². The molecule has 2 amide bonds. The van der Waals surface area contributed by atoms with Gasteiger partial charge in [-0.2, -0.15) is 0 Å². The highest BCUT2D eigenvalue weighted by atomic mass is 35.5. The molecule has 5 nitrogen and oxygen atoms in total. The van der Waals surface area contributed by atoms with Gasteiger partial charge in [0.15, 0.2) is 11.5 Å². The van der Waals surface area contributed by atoms with Gasteiger partial charge in [0.25, 0.3) is 0 Å². The SMILES string of the molecule is COc1ccc(CN(C(=O)Nc2ccc(Cl)cc2)C(C)c2ccccc2)cc1OC. The van der Waals surface area contributed by atoms with Gasteiger partial charge >= 0.3 is 6.03 Å². The number of hydrogen-bond donors (Lipinski definition) is 1. The summed E-state index contributed by atoms with van der Waals surface area (Å²) in [6.07, 6.45) is 0. The first-order chi connectivity index (χ1) is 14.5. The van der Waals surface area contributed by atoms with Crippen LogP contribution >= 0.6 is 11.6 Å². The first-order valence-corrected chi connectivity index (χ1v) is 9.98. The average molecular weight is 425 g/mol. The van der Waals surface area contributed by atoms with Gasteiger partial charge in [-0.3, -0.25) is 0 Å². The number of carbonyl (C=O) groups is 1. The summed E-state index contributed by atoms with van der Waals surface area (Å²) in [5, 5.41) is 3.58. The van der Waals surface area contributed by atoms with E-state index in [1.165, 1.54) is 0 Å². The lowest BCUT2D eigenvalue weighted by Crippen LogP contribution is -2.36. The molecule has 3 rings (SSSR count). The Morgan fingerprint density at radius 1 is 0.967 bits per heavy atom. The molecule has 0 aromatic heterocycles. The lowest BCUT2D eigenvalue weighted by atomic mass is 10.1. The highest BCUT2D eigenvalue weighted by Crippen LogP contribution is 2.30. The fourth-order valence-corrected chi connectivity index (χ4v) is 3.33. The van der Waals surface area contributed by atoms with Crippen LogP contribution in [-0.4, -0.2) is 25.2 Å². The van der Waals surface area contributed by atoms with Crippen molar-refractivity contribution in [3.63, 3.8) is 0 Å². The van der Waals surface area contributed by atoms with Gasteiger partial charge in [-0.05, 0) is 54.4 Å². The molecular weight excluding hydrogens is 400 g/mol. The number of nitrogens with one attached hydrogen (secondary N) is 1. The minimum atomic E-state index is -0.205. The van der Waals surface area contributed by atoms with Gasteiger partial charge in [0.05, 0.1) is 20.3 Å². The van der Waals surface area contributed by atoms with Crippen LogP contribution in [0.15, 0.2) is 72.8 Å². The standard InChI is InChI=1S/C24H25ClN2O3/c1-17(19-7-5-4-6-8-19)27(24(28)26-21-12-10-20(25)11-13-21)16-18-9-14-22(29-2)23(15-18)30-3/h4-15,17H,16H2,1-3H3,(H,26,28). The molecule has 1 unspecified atom stereocenters. The average Bonchev–Trinajstić information content (AvgIpc) is 2.78. The second kappa shape index (κ2) is 10.0. The number of ether oxygens (including phenoxy) is 2. The minimum Gasteiger partial charge on any atom is -0.493 e. The van der Waals surface area contributed by atoms with Crippen molar-refractivity contribution >= 4 is 23.3 Å². The maximum absolute atomic E-state index is 13.2. The number of rotatable bonds is 7. The quantitative estimate of drug-likeness (QED) is 0.494. The molecule has 1 N–H and O–H groups in total. The summed E-state index contributed by atoms with van der Waals surface area (Å²) in [7, 11) is 3.19. The maximum atomic E-state index is 13.2. The molecule has 6 heteroatoms. The maximum Gasteiger partial charge on any atom is 0.322 e. The molecule has 30 heavy (non-hydrogen) atoms. The third-order valence-corrected chi connectivity index (χ3v) is 5.16. The molecule has 0 heterocycles. The van der Waals surface area contributed by atoms with E-state index in [0.29, 0.717) is 28.8 Å². The zero-order valence-electron chi connectivity index (χ0n) is 17.3. The number of anilines is 1. The second-order valence-corrected chi connectivity index (χ2v) is 7.28. The van der Waals surface area contributed by atoms with Crippen molar-refractivity contribution in [3.8, 4) is 11.5 Å². The van der Waals surface area contributed by atoms with Crippen LogP contribution in [0.1, 0.15) is 24.1 Å². The van der Waals surface area contributed by atoms with Crippen molar-refractivity contribution in [1.82, 2.24) is 4.90 Å². The van der Waals surface area contributed by atoms with Crippen LogP contribution in [0.4, 0.5) is 10.5 Å². The first-order valence-electron chi connectivity index (χ1n) is 9.61. The summed E-state index contributed by atoms with van der Waals surface area (Å²) in [5.41, 5.74) is 2.66. The molecule has 0 radical (unpaired) electrons. The highest BCUT2D eigenvalue weighted by molar-refractivity contribution is 6.30. The van der Waals surface area contributed by atoms with Crippen molar-refractivity contribution in [2.24, 2.45) is 0 Å². The van der Waals surface area contributed by atoms with Gasteiger partial charge in [-0.1, -0.05) is 48.0 Å². The minimum absolute atomic E-state index is 0.147. The molecule has 0 aliphatic heterocycles. The van der Waals surface area contributed by atoms with Crippen LogP contribution in [-0.2, 0) is 6.54 Å². The van der Waals surface area contributed by atoms with E-state index >= 15 is 0 Å². The molecular formula is C24H25ClN2O3. The van der Waals surface area contributed by atoms with Gasteiger partial charge in [-0.15, -0.1) is 0 Å². The number of methoxy groups -OCH3 is 2. The highest BCUT2D eigenvalue weighted by Gasteiger charge is 2.22. The molecule has 0 aliphatic carbocycles. The molecule has 0 saturated heterocycles. The molecule has 156 valence electrons. The Morgan fingerprint density at radius 2 is 1.63 bits per heavy atom. The summed E-state index contributed by atoms with van der Waals surface area (Å²) in [4.78, 5) is 15.0. The smallest absolute Gasteiger partial charge is 0.322 e. The largest absolute Gasteiger partial charge is 0.493 e. The monoisotopic (exact) mass is 424 g/mol. The number of halogens is 1. The van der Waals surface area contributed by atoms with Crippen LogP contribution < -0.4 is 14.8 Å². The van der Waals surface area contributed by atoms with Gasteiger partial charge < -0.3 is 19.7 Å². The Morgan fingerprint density at radius 3 is 2.27 bits per heavy atom. The predicted octanol–water partition coefficient (Wildman–Crippen LogP) is 6.15. The number of hydrogen-bond acceptors (Lipinski definition) is 3. The molecule has 3 aromatic carbocycles. The van der Waals surface area contributed by atoms with Crippen LogP contribution in [0.5, 0.6) is 11.5 Å². The van der Waals surface area contributed by atoms with E-state index in [4.69, 9.17) is 21.1 Å². The Balaban J connectivity index is 1.89. The van der Waals surface area contributed by atoms with E-state index < -0.39 is 0 Å². The topological polar surface area (TPSA) is 50.8 Å². The van der Waals surface area contributed by atoms with Gasteiger partial charge in [0.2, 0.25) is 0 Å². The zero-order valence-corrected chi connectivity index (χ0v) is 18.0. The van der Waals surface area contributed by atoms with Gasteiger partial charge in [0, 0.05) is 17.3 Å². The molecule has 0 saturated carbocycles. The van der Waals surface area contributed by atoms with Gasteiger partial charge in [-0.25, -0.2) is 4.79 Å². The Kier molecular flexibility index (Phi) is 7.20. The van der Waals surface area contributed by atoms with E-state index in [9.17, 15) is 4.79 Å². The lowest BCUT2D eigenvalue weighted by Gasteiger charge is -2.30. The Bertz CT molecular complexity index is 978. The van der Waals surface area contributed by atoms with Crippen molar-refractivity contribution in [2.75, 3.05) is 19.5 Å². The van der Waals surface area contributed by atoms with Gasteiger partial charge in [0.1, 0.15) is 0 Å². The predicted molar refractivity (Wildman–Crippen MR) is 120 cm³/mol. The Hall–Kier alpha value is -3.18. The van der Waals surface area contributed by atoms with Crippen molar-refractivity contribution in [2.45, 2.75) is 19.5 Å². The lowest BCUT2D eigenvalue weighted by molar-refractivity contribution is 0.189. The van der Waals surface area contributed by atoms with Crippen molar-refractivity contribution < 1.29 is 14.3 Å². The van der Waals surface area contributed by atoms with E-state index in [-0.39, 0.29) is 12.1 Å². The summed E-state index contributed by atoms with van der Waals surface area (Å²) in [5.74, 6) is 1.27. The van der Waals surface area contributed by atoms with E-state index in [0.717, 1.165) is 11.1 Å². The third-order valence-electron chi connectivity index (χ3n) is 4.91. The number of carbonyl (C=O) groups excluding carboxylic acids is 1. The van der Waals surface area contributed by atoms with Crippen LogP contribution in [0.25, 0.3) is 0 Å². The van der Waals surface area contributed by atoms with Crippen LogP contribution in [0.2, 0.25) is 5.02 Å². The number of benzene rings is 3. The van der Waals surface area contributed by atoms with Crippen LogP contribution in [0, 0.1) is 0 Å². The number of amides is 2. The zero-order chi connectivity index (χ0) is 21.5. The number of nitrogens with zero attached hydrogens (tertiary/aromatic N) is 1. The summed E-state index contributed by atoms with van der Waals surface area (Å²) in [6.45, 7) is 2.41. The number of urea groups is 1. The molecule has 0 aliphatic rings. The molecule has 0 fully saturated rings. The van der Waals surface area contributed by atoms with Crippen LogP contribution in [0.3, 0.4) is 0 Å².